The van der Waals surface area contributed by atoms with E-state index in [1.54, 1.807) is 20.8 Å². The molecule has 192 valence electrons. The Hall–Kier alpha value is -4.06. The summed E-state index contributed by atoms with van der Waals surface area (Å²) in [5.74, 6) is 0.151. The lowest BCUT2D eigenvalue weighted by atomic mass is 10.00. The molecule has 1 aliphatic rings. The van der Waals surface area contributed by atoms with Crippen molar-refractivity contribution in [1.29, 1.82) is 5.26 Å². The minimum atomic E-state index is -0.523. The summed E-state index contributed by atoms with van der Waals surface area (Å²) in [4.78, 5) is 36.8. The van der Waals surface area contributed by atoms with Gasteiger partial charge in [-0.15, -0.1) is 0 Å². The number of benzene rings is 2. The normalized spacial score (nSPS) is 12.8. The number of amides is 2. The van der Waals surface area contributed by atoms with Crippen molar-refractivity contribution >= 4 is 24.2 Å². The maximum atomic E-state index is 11.5. The number of rotatable bonds is 6. The van der Waals surface area contributed by atoms with Gasteiger partial charge in [0.15, 0.2) is 5.75 Å². The molecule has 0 radical (unpaired) electrons. The minimum absolute atomic E-state index is 0.00176. The molecule has 9 heteroatoms. The second kappa shape index (κ2) is 12.6. The SMILES string of the molecule is CC(C)(C)OC(=O)N1CC(C(=O)NCC#N)C1.Cc1ccc(-c2ccc(OC=O)c(N(C)C)c2)cc1. The van der Waals surface area contributed by atoms with E-state index in [4.69, 9.17) is 14.7 Å². The predicted octanol–water partition coefficient (Wildman–Crippen LogP) is 3.76. The summed E-state index contributed by atoms with van der Waals surface area (Å²) < 4.78 is 10.1. The molecule has 2 amide bonds. The van der Waals surface area contributed by atoms with Gasteiger partial charge in [-0.3, -0.25) is 9.59 Å². The number of hydrogen-bond donors (Lipinski definition) is 1. The Morgan fingerprint density at radius 1 is 1.14 bits per heavy atom. The first-order valence-corrected chi connectivity index (χ1v) is 11.6. The van der Waals surface area contributed by atoms with Crippen LogP contribution < -0.4 is 15.0 Å². The smallest absolute Gasteiger partial charge is 0.410 e. The van der Waals surface area contributed by atoms with Crippen LogP contribution >= 0.6 is 0 Å². The molecule has 2 aromatic carbocycles. The average Bonchev–Trinajstić information content (AvgIpc) is 2.77. The Labute approximate surface area is 212 Å². The molecule has 0 saturated carbocycles. The highest BCUT2D eigenvalue weighted by Gasteiger charge is 2.37. The number of hydrogen-bond acceptors (Lipinski definition) is 7. The van der Waals surface area contributed by atoms with Gasteiger partial charge in [-0.25, -0.2) is 4.79 Å². The van der Waals surface area contributed by atoms with Gasteiger partial charge in [0.25, 0.3) is 6.47 Å². The molecule has 0 bridgehead atoms. The fourth-order valence-electron chi connectivity index (χ4n) is 3.33. The van der Waals surface area contributed by atoms with E-state index in [1.807, 2.05) is 43.3 Å². The molecule has 2 aromatic rings. The van der Waals surface area contributed by atoms with Crippen LogP contribution in [-0.4, -0.2) is 62.7 Å². The van der Waals surface area contributed by atoms with E-state index in [-0.39, 0.29) is 18.4 Å². The molecule has 1 heterocycles. The van der Waals surface area contributed by atoms with Crippen molar-refractivity contribution in [3.05, 3.63) is 48.0 Å². The molecule has 1 aliphatic heterocycles. The van der Waals surface area contributed by atoms with E-state index in [2.05, 4.69) is 36.5 Å². The van der Waals surface area contributed by atoms with Gasteiger partial charge in [-0.2, -0.15) is 5.26 Å². The number of anilines is 1. The van der Waals surface area contributed by atoms with Gasteiger partial charge < -0.3 is 24.6 Å². The monoisotopic (exact) mass is 494 g/mol. The van der Waals surface area contributed by atoms with Gasteiger partial charge in [-0.05, 0) is 51.0 Å². The van der Waals surface area contributed by atoms with E-state index in [9.17, 15) is 14.4 Å². The highest BCUT2D eigenvalue weighted by molar-refractivity contribution is 5.82. The summed E-state index contributed by atoms with van der Waals surface area (Å²) in [6.45, 7) is 8.61. The summed E-state index contributed by atoms with van der Waals surface area (Å²) in [5.41, 5.74) is 3.83. The Kier molecular flexibility index (Phi) is 9.85. The van der Waals surface area contributed by atoms with Crippen molar-refractivity contribution in [2.75, 3.05) is 38.6 Å². The van der Waals surface area contributed by atoms with Crippen LogP contribution in [0, 0.1) is 24.2 Å². The van der Waals surface area contributed by atoms with Crippen LogP contribution in [0.2, 0.25) is 0 Å². The maximum absolute atomic E-state index is 11.5. The Morgan fingerprint density at radius 3 is 2.28 bits per heavy atom. The van der Waals surface area contributed by atoms with E-state index in [0.29, 0.717) is 25.3 Å². The van der Waals surface area contributed by atoms with Crippen molar-refractivity contribution in [1.82, 2.24) is 10.2 Å². The molecular formula is C27H34N4O5. The van der Waals surface area contributed by atoms with E-state index in [0.717, 1.165) is 16.8 Å². The lowest BCUT2D eigenvalue weighted by molar-refractivity contribution is -0.129. The lowest BCUT2D eigenvalue weighted by Crippen LogP contribution is -2.56. The highest BCUT2D eigenvalue weighted by atomic mass is 16.6. The number of ether oxygens (including phenoxy) is 2. The number of carbonyl (C=O) groups is 3. The molecule has 36 heavy (non-hydrogen) atoms. The number of nitrogens with one attached hydrogen (secondary N) is 1. The largest absolute Gasteiger partial charge is 0.444 e. The van der Waals surface area contributed by atoms with Crippen LogP contribution in [0.15, 0.2) is 42.5 Å². The van der Waals surface area contributed by atoms with Gasteiger partial charge in [0.05, 0.1) is 17.7 Å². The third-order valence-corrected chi connectivity index (χ3v) is 5.25. The maximum Gasteiger partial charge on any atom is 0.410 e. The van der Waals surface area contributed by atoms with E-state index < -0.39 is 11.7 Å². The number of nitriles is 1. The zero-order chi connectivity index (χ0) is 26.9. The third-order valence-electron chi connectivity index (χ3n) is 5.25. The van der Waals surface area contributed by atoms with Gasteiger partial charge in [0.1, 0.15) is 12.1 Å². The zero-order valence-corrected chi connectivity index (χ0v) is 21.7. The lowest BCUT2D eigenvalue weighted by Gasteiger charge is -2.38. The summed E-state index contributed by atoms with van der Waals surface area (Å²) in [6.07, 6.45) is -0.401. The Bertz CT molecular complexity index is 1090. The molecule has 0 unspecified atom stereocenters. The van der Waals surface area contributed by atoms with Crippen LogP contribution in [0.3, 0.4) is 0 Å². The summed E-state index contributed by atoms with van der Waals surface area (Å²) in [5, 5.41) is 10.8. The van der Waals surface area contributed by atoms with Crippen LogP contribution in [0.1, 0.15) is 26.3 Å². The van der Waals surface area contributed by atoms with Gasteiger partial charge in [-0.1, -0.05) is 35.9 Å². The number of nitrogens with zero attached hydrogens (tertiary/aromatic N) is 3. The van der Waals surface area contributed by atoms with Crippen molar-refractivity contribution in [2.24, 2.45) is 5.92 Å². The molecule has 3 rings (SSSR count). The molecule has 0 aromatic heterocycles. The Morgan fingerprint density at radius 2 is 1.75 bits per heavy atom. The van der Waals surface area contributed by atoms with E-state index >= 15 is 0 Å². The first kappa shape index (κ1) is 28.2. The quantitative estimate of drug-likeness (QED) is 0.481. The van der Waals surface area contributed by atoms with Gasteiger partial charge >= 0.3 is 6.09 Å². The topological polar surface area (TPSA) is 112 Å². The summed E-state index contributed by atoms with van der Waals surface area (Å²) >= 11 is 0. The fraction of sp³-hybridized carbons (Fsp3) is 0.407. The second-order valence-corrected chi connectivity index (χ2v) is 9.62. The molecule has 0 atom stereocenters. The number of aryl methyl sites for hydroxylation is 1. The summed E-state index contributed by atoms with van der Waals surface area (Å²) in [6, 6.07) is 16.0. The van der Waals surface area contributed by atoms with Crippen LogP contribution in [-0.2, 0) is 14.3 Å². The summed E-state index contributed by atoms with van der Waals surface area (Å²) in [7, 11) is 3.85. The van der Waals surface area contributed by atoms with Crippen LogP contribution in [0.5, 0.6) is 5.75 Å². The number of likely N-dealkylation sites (tertiary alicyclic amines) is 1. The minimum Gasteiger partial charge on any atom is -0.444 e. The van der Waals surface area contributed by atoms with Crippen LogP contribution in [0.25, 0.3) is 11.1 Å². The van der Waals surface area contributed by atoms with Crippen molar-refractivity contribution in [2.45, 2.75) is 33.3 Å². The first-order valence-electron chi connectivity index (χ1n) is 11.6. The predicted molar refractivity (Wildman–Crippen MR) is 138 cm³/mol. The standard InChI is InChI=1S/C16H17NO2.C11H17N3O3/c1-12-4-6-13(7-5-12)14-8-9-16(19-11-18)15(10-14)17(2)3;1-11(2,3)17-10(16)14-6-8(7-14)9(15)13-5-4-12/h4-11H,1-3H3;8H,5-7H2,1-3H3,(H,13,15). The average molecular weight is 495 g/mol. The van der Waals surface area contributed by atoms with Crippen molar-refractivity contribution < 1.29 is 23.9 Å². The highest BCUT2D eigenvalue weighted by Crippen LogP contribution is 2.32. The Balaban J connectivity index is 0.000000255. The van der Waals surface area contributed by atoms with Gasteiger partial charge in [0.2, 0.25) is 5.91 Å². The van der Waals surface area contributed by atoms with Crippen molar-refractivity contribution in [3.8, 4) is 22.9 Å². The van der Waals surface area contributed by atoms with Crippen molar-refractivity contribution in [3.63, 3.8) is 0 Å². The molecule has 1 N–H and O–H groups in total. The molecule has 1 saturated heterocycles. The second-order valence-electron chi connectivity index (χ2n) is 9.62. The molecular weight excluding hydrogens is 460 g/mol. The molecule has 0 aliphatic carbocycles. The van der Waals surface area contributed by atoms with Gasteiger partial charge in [0, 0.05) is 27.2 Å². The van der Waals surface area contributed by atoms with Crippen LogP contribution in [0.4, 0.5) is 10.5 Å². The molecule has 1 fully saturated rings. The van der Waals surface area contributed by atoms with E-state index in [1.165, 1.54) is 10.5 Å². The molecule has 9 nitrogen and oxygen atoms in total. The molecule has 0 spiro atoms. The fourth-order valence-corrected chi connectivity index (χ4v) is 3.33. The zero-order valence-electron chi connectivity index (χ0n) is 21.7. The first-order chi connectivity index (χ1) is 16.9. The third kappa shape index (κ3) is 8.31. The number of carbonyl (C=O) groups excluding carboxylic acids is 3.